The molecule has 0 spiro atoms. The Bertz CT molecular complexity index is 535. The minimum absolute atomic E-state index is 0.320. The van der Waals surface area contributed by atoms with Crippen LogP contribution in [0, 0.1) is 6.92 Å². The molecule has 0 fully saturated rings. The van der Waals surface area contributed by atoms with Crippen molar-refractivity contribution in [1.29, 1.82) is 0 Å². The lowest BCUT2D eigenvalue weighted by Gasteiger charge is -2.08. The van der Waals surface area contributed by atoms with Crippen LogP contribution in [0.4, 0.5) is 13.2 Å². The van der Waals surface area contributed by atoms with Gasteiger partial charge in [0.05, 0.1) is 5.56 Å². The molecule has 0 aliphatic rings. The fraction of sp³-hybridized carbons (Fsp3) is 0.154. The zero-order valence-corrected chi connectivity index (χ0v) is 9.53. The molecule has 0 bridgehead atoms. The van der Waals surface area contributed by atoms with E-state index in [4.69, 9.17) is 4.74 Å². The number of hydrogen-bond acceptors (Lipinski definition) is 2. The molecular formula is C13H10F3NO. The van der Waals surface area contributed by atoms with E-state index in [2.05, 4.69) is 4.98 Å². The Morgan fingerprint density at radius 2 is 1.67 bits per heavy atom. The number of ether oxygens (including phenoxy) is 1. The highest BCUT2D eigenvalue weighted by Gasteiger charge is 2.30. The molecule has 0 aliphatic carbocycles. The third-order valence-corrected chi connectivity index (χ3v) is 2.27. The van der Waals surface area contributed by atoms with Crippen molar-refractivity contribution in [2.45, 2.75) is 13.1 Å². The molecule has 1 aromatic heterocycles. The molecule has 2 rings (SSSR count). The van der Waals surface area contributed by atoms with Gasteiger partial charge in [-0.1, -0.05) is 6.07 Å². The number of hydrogen-bond donors (Lipinski definition) is 0. The van der Waals surface area contributed by atoms with Gasteiger partial charge in [0.15, 0.2) is 0 Å². The maximum absolute atomic E-state index is 12.3. The second kappa shape index (κ2) is 4.68. The number of pyridine rings is 1. The van der Waals surface area contributed by atoms with Crippen LogP contribution < -0.4 is 4.74 Å². The topological polar surface area (TPSA) is 22.1 Å². The van der Waals surface area contributed by atoms with Crippen LogP contribution in [0.1, 0.15) is 11.3 Å². The summed E-state index contributed by atoms with van der Waals surface area (Å²) in [4.78, 5) is 4.10. The van der Waals surface area contributed by atoms with Gasteiger partial charge in [-0.05, 0) is 37.3 Å². The molecule has 1 aromatic carbocycles. The van der Waals surface area contributed by atoms with Crippen LogP contribution in [-0.4, -0.2) is 4.98 Å². The van der Waals surface area contributed by atoms with E-state index in [0.29, 0.717) is 11.6 Å². The first-order valence-corrected chi connectivity index (χ1v) is 5.24. The summed E-state index contributed by atoms with van der Waals surface area (Å²) in [6.45, 7) is 1.81. The summed E-state index contributed by atoms with van der Waals surface area (Å²) < 4.78 is 42.4. The van der Waals surface area contributed by atoms with Gasteiger partial charge in [-0.25, -0.2) is 4.98 Å². The molecule has 0 amide bonds. The number of aryl methyl sites for hydroxylation is 1. The lowest BCUT2D eigenvalue weighted by atomic mass is 10.2. The van der Waals surface area contributed by atoms with Gasteiger partial charge in [-0.2, -0.15) is 13.2 Å². The van der Waals surface area contributed by atoms with Gasteiger partial charge in [0.1, 0.15) is 5.75 Å². The molecule has 0 aliphatic heterocycles. The van der Waals surface area contributed by atoms with Gasteiger partial charge in [-0.3, -0.25) is 0 Å². The Morgan fingerprint density at radius 3 is 2.22 bits per heavy atom. The first-order chi connectivity index (χ1) is 8.45. The van der Waals surface area contributed by atoms with E-state index in [0.717, 1.165) is 17.8 Å². The van der Waals surface area contributed by atoms with Crippen molar-refractivity contribution in [2.75, 3.05) is 0 Å². The fourth-order valence-electron chi connectivity index (χ4n) is 1.41. The zero-order valence-electron chi connectivity index (χ0n) is 9.53. The minimum atomic E-state index is -4.33. The van der Waals surface area contributed by atoms with E-state index in [1.165, 1.54) is 12.1 Å². The maximum atomic E-state index is 12.3. The number of alkyl halides is 3. The van der Waals surface area contributed by atoms with Gasteiger partial charge >= 0.3 is 6.18 Å². The van der Waals surface area contributed by atoms with Gasteiger partial charge < -0.3 is 4.74 Å². The van der Waals surface area contributed by atoms with Crippen molar-refractivity contribution >= 4 is 0 Å². The second-order valence-electron chi connectivity index (χ2n) is 3.74. The molecule has 1 heterocycles. The fourth-order valence-corrected chi connectivity index (χ4v) is 1.41. The van der Waals surface area contributed by atoms with Gasteiger partial charge in [0.2, 0.25) is 5.88 Å². The largest absolute Gasteiger partial charge is 0.439 e. The minimum Gasteiger partial charge on any atom is -0.439 e. The van der Waals surface area contributed by atoms with Crippen molar-refractivity contribution < 1.29 is 17.9 Å². The first-order valence-electron chi connectivity index (χ1n) is 5.24. The van der Waals surface area contributed by atoms with Crippen molar-refractivity contribution in [3.05, 3.63) is 53.7 Å². The van der Waals surface area contributed by atoms with Crippen molar-refractivity contribution in [3.8, 4) is 11.6 Å². The SMILES string of the molecule is Cc1cccc(Oc2ccc(C(F)(F)F)cc2)n1. The Kier molecular flexibility index (Phi) is 3.23. The standard InChI is InChI=1S/C13H10F3NO/c1-9-3-2-4-12(17-9)18-11-7-5-10(6-8-11)13(14,15)16/h2-8H,1H3. The Balaban J connectivity index is 2.16. The third-order valence-electron chi connectivity index (χ3n) is 2.27. The quantitative estimate of drug-likeness (QED) is 0.800. The molecule has 18 heavy (non-hydrogen) atoms. The Labute approximate surface area is 102 Å². The molecule has 2 nitrogen and oxygen atoms in total. The summed E-state index contributed by atoms with van der Waals surface area (Å²) in [5, 5.41) is 0. The Morgan fingerprint density at radius 1 is 1.00 bits per heavy atom. The van der Waals surface area contributed by atoms with Crippen LogP contribution >= 0.6 is 0 Å². The van der Waals surface area contributed by atoms with E-state index in [1.807, 2.05) is 0 Å². The maximum Gasteiger partial charge on any atom is 0.416 e. The smallest absolute Gasteiger partial charge is 0.416 e. The highest BCUT2D eigenvalue weighted by Crippen LogP contribution is 2.31. The summed E-state index contributed by atoms with van der Waals surface area (Å²) in [5.74, 6) is 0.677. The molecular weight excluding hydrogens is 243 g/mol. The summed E-state index contributed by atoms with van der Waals surface area (Å²) in [5.41, 5.74) is 0.0754. The molecule has 0 saturated heterocycles. The van der Waals surface area contributed by atoms with E-state index >= 15 is 0 Å². The van der Waals surface area contributed by atoms with Crippen LogP contribution in [0.3, 0.4) is 0 Å². The summed E-state index contributed by atoms with van der Waals surface area (Å²) >= 11 is 0. The highest BCUT2D eigenvalue weighted by molar-refractivity contribution is 5.31. The van der Waals surface area contributed by atoms with Gasteiger partial charge in [0, 0.05) is 11.8 Å². The second-order valence-corrected chi connectivity index (χ2v) is 3.74. The zero-order chi connectivity index (χ0) is 13.2. The van der Waals surface area contributed by atoms with Crippen molar-refractivity contribution in [3.63, 3.8) is 0 Å². The van der Waals surface area contributed by atoms with E-state index < -0.39 is 11.7 Å². The van der Waals surface area contributed by atoms with E-state index in [9.17, 15) is 13.2 Å². The average molecular weight is 253 g/mol. The first kappa shape index (κ1) is 12.4. The molecule has 0 unspecified atom stereocenters. The number of rotatable bonds is 2. The molecule has 0 radical (unpaired) electrons. The molecule has 0 saturated carbocycles. The van der Waals surface area contributed by atoms with Gasteiger partial charge in [0.25, 0.3) is 0 Å². The molecule has 0 N–H and O–H groups in total. The molecule has 2 aromatic rings. The number of benzene rings is 1. The monoisotopic (exact) mass is 253 g/mol. The molecule has 5 heteroatoms. The predicted molar refractivity (Wildman–Crippen MR) is 60.5 cm³/mol. The normalized spacial score (nSPS) is 11.3. The lowest BCUT2D eigenvalue weighted by molar-refractivity contribution is -0.137. The molecule has 0 atom stereocenters. The number of nitrogens with zero attached hydrogens (tertiary/aromatic N) is 1. The average Bonchev–Trinajstić information content (AvgIpc) is 2.28. The van der Waals surface area contributed by atoms with Crippen LogP contribution in [0.5, 0.6) is 11.6 Å². The van der Waals surface area contributed by atoms with Gasteiger partial charge in [-0.15, -0.1) is 0 Å². The lowest BCUT2D eigenvalue weighted by Crippen LogP contribution is -2.04. The summed E-state index contributed by atoms with van der Waals surface area (Å²) in [7, 11) is 0. The number of halogens is 3. The van der Waals surface area contributed by atoms with Crippen LogP contribution in [0.2, 0.25) is 0 Å². The van der Waals surface area contributed by atoms with Crippen molar-refractivity contribution in [2.24, 2.45) is 0 Å². The van der Waals surface area contributed by atoms with E-state index in [1.54, 1.807) is 25.1 Å². The van der Waals surface area contributed by atoms with Crippen LogP contribution in [-0.2, 0) is 6.18 Å². The van der Waals surface area contributed by atoms with E-state index in [-0.39, 0.29) is 0 Å². The summed E-state index contributed by atoms with van der Waals surface area (Å²) in [6, 6.07) is 9.71. The third kappa shape index (κ3) is 3.00. The Hall–Kier alpha value is -2.04. The molecule has 94 valence electrons. The predicted octanol–water partition coefficient (Wildman–Crippen LogP) is 4.20. The van der Waals surface area contributed by atoms with Crippen LogP contribution in [0.25, 0.3) is 0 Å². The number of aromatic nitrogens is 1. The van der Waals surface area contributed by atoms with Crippen LogP contribution in [0.15, 0.2) is 42.5 Å². The van der Waals surface area contributed by atoms with Crippen molar-refractivity contribution in [1.82, 2.24) is 4.98 Å². The summed E-state index contributed by atoms with van der Waals surface area (Å²) in [6.07, 6.45) is -4.33. The highest BCUT2D eigenvalue weighted by atomic mass is 19.4.